The van der Waals surface area contributed by atoms with Gasteiger partial charge >= 0.3 is 5.97 Å². The van der Waals surface area contributed by atoms with E-state index < -0.39 is 29.6 Å². The number of nitrogens with two attached hydrogens (primary N) is 1. The summed E-state index contributed by atoms with van der Waals surface area (Å²) in [5.74, 6) is 0.421. The Bertz CT molecular complexity index is 1080. The van der Waals surface area contributed by atoms with E-state index in [0.29, 0.717) is 23.6 Å². The Hall–Kier alpha value is -3.39. The number of aryl methyl sites for hydroxylation is 1. The van der Waals surface area contributed by atoms with E-state index in [-0.39, 0.29) is 0 Å². The molecule has 3 unspecified atom stereocenters. The summed E-state index contributed by atoms with van der Waals surface area (Å²) in [6.07, 6.45) is 0.350. The molecule has 0 bridgehead atoms. The molecule has 0 saturated carbocycles. The van der Waals surface area contributed by atoms with E-state index in [1.807, 2.05) is 42.5 Å². The predicted molar refractivity (Wildman–Crippen MR) is 119 cm³/mol. The first-order valence-electron chi connectivity index (χ1n) is 10.5. The summed E-state index contributed by atoms with van der Waals surface area (Å²) in [7, 11) is 3.20. The number of hydrazone groups is 1. The zero-order chi connectivity index (χ0) is 23.0. The molecule has 0 radical (unpaired) electrons. The standard InChI is InChI=1S/C24H27N3O5/c1-14(32-15(2)28)23(29)27-22(17-6-8-18(30-3)9-7-17)24(25)12-11-16-5-10-19(31-4)13-20(16)21(24)26-27/h5-10,13-14,22H,11-12,25H2,1-4H3. The van der Waals surface area contributed by atoms with Crippen LogP contribution in [0.4, 0.5) is 0 Å². The second kappa shape index (κ2) is 8.27. The molecule has 0 saturated heterocycles. The minimum Gasteiger partial charge on any atom is -0.497 e. The topological polar surface area (TPSA) is 103 Å². The van der Waals surface area contributed by atoms with Gasteiger partial charge in [0.05, 0.1) is 25.5 Å². The third-order valence-corrected chi connectivity index (χ3v) is 6.11. The van der Waals surface area contributed by atoms with Gasteiger partial charge in [-0.3, -0.25) is 9.59 Å². The van der Waals surface area contributed by atoms with Crippen molar-refractivity contribution < 1.29 is 23.8 Å². The van der Waals surface area contributed by atoms with Crippen molar-refractivity contribution in [3.63, 3.8) is 0 Å². The third-order valence-electron chi connectivity index (χ3n) is 6.11. The lowest BCUT2D eigenvalue weighted by Crippen LogP contribution is -2.55. The number of hydrogen-bond donors (Lipinski definition) is 1. The van der Waals surface area contributed by atoms with Crippen LogP contribution >= 0.6 is 0 Å². The van der Waals surface area contributed by atoms with Crippen LogP contribution in [0.25, 0.3) is 0 Å². The first kappa shape index (κ1) is 21.8. The van der Waals surface area contributed by atoms with Gasteiger partial charge in [-0.1, -0.05) is 18.2 Å². The molecule has 1 amide bonds. The SMILES string of the molecule is COc1ccc(C2N(C(=O)C(C)OC(C)=O)N=C3c4cc(OC)ccc4CCC32N)cc1. The zero-order valence-corrected chi connectivity index (χ0v) is 18.6. The molecule has 0 spiro atoms. The van der Waals surface area contributed by atoms with Gasteiger partial charge in [-0.25, -0.2) is 5.01 Å². The predicted octanol–water partition coefficient (Wildman–Crippen LogP) is 2.59. The van der Waals surface area contributed by atoms with Crippen LogP contribution in [0.5, 0.6) is 11.5 Å². The van der Waals surface area contributed by atoms with Crippen LogP contribution in [0.3, 0.4) is 0 Å². The van der Waals surface area contributed by atoms with Crippen molar-refractivity contribution in [2.24, 2.45) is 10.8 Å². The maximum atomic E-state index is 13.3. The van der Waals surface area contributed by atoms with Crippen LogP contribution < -0.4 is 15.2 Å². The lowest BCUT2D eigenvalue weighted by atomic mass is 9.71. The van der Waals surface area contributed by atoms with E-state index in [9.17, 15) is 9.59 Å². The number of amides is 1. The molecule has 2 N–H and O–H groups in total. The smallest absolute Gasteiger partial charge is 0.303 e. The van der Waals surface area contributed by atoms with E-state index in [4.69, 9.17) is 25.0 Å². The molecular weight excluding hydrogens is 410 g/mol. The van der Waals surface area contributed by atoms with E-state index >= 15 is 0 Å². The van der Waals surface area contributed by atoms with Gasteiger partial charge in [-0.2, -0.15) is 5.10 Å². The molecule has 1 heterocycles. The third kappa shape index (κ3) is 3.60. The second-order valence-corrected chi connectivity index (χ2v) is 8.12. The van der Waals surface area contributed by atoms with Gasteiger partial charge < -0.3 is 19.9 Å². The number of rotatable bonds is 5. The number of carbonyl (C=O) groups is 2. The molecule has 2 aromatic carbocycles. The fourth-order valence-electron chi connectivity index (χ4n) is 4.52. The first-order chi connectivity index (χ1) is 15.3. The number of esters is 1. The fourth-order valence-corrected chi connectivity index (χ4v) is 4.52. The van der Waals surface area contributed by atoms with Crippen LogP contribution in [-0.2, 0) is 20.7 Å². The van der Waals surface area contributed by atoms with Gasteiger partial charge in [0.1, 0.15) is 17.5 Å². The van der Waals surface area contributed by atoms with E-state index in [1.54, 1.807) is 14.2 Å². The van der Waals surface area contributed by atoms with Gasteiger partial charge in [0.2, 0.25) is 0 Å². The molecule has 3 atom stereocenters. The maximum Gasteiger partial charge on any atom is 0.303 e. The number of hydrogen-bond acceptors (Lipinski definition) is 7. The molecule has 2 aliphatic rings. The zero-order valence-electron chi connectivity index (χ0n) is 18.6. The Balaban J connectivity index is 1.83. The van der Waals surface area contributed by atoms with Crippen LogP contribution in [0.1, 0.15) is 43.0 Å². The molecule has 0 fully saturated rings. The summed E-state index contributed by atoms with van der Waals surface area (Å²) in [6.45, 7) is 2.81. The van der Waals surface area contributed by atoms with Crippen molar-refractivity contribution in [3.05, 3.63) is 59.2 Å². The average molecular weight is 437 g/mol. The monoisotopic (exact) mass is 437 g/mol. The fraction of sp³-hybridized carbons (Fsp3) is 0.375. The van der Waals surface area contributed by atoms with Crippen molar-refractivity contribution in [1.82, 2.24) is 5.01 Å². The normalized spacial score (nSPS) is 22.3. The summed E-state index contributed by atoms with van der Waals surface area (Å²) in [6, 6.07) is 12.7. The van der Waals surface area contributed by atoms with Gasteiger partial charge in [0, 0.05) is 12.5 Å². The summed E-state index contributed by atoms with van der Waals surface area (Å²) in [5.41, 5.74) is 9.54. The number of fused-ring (bicyclic) bond motifs is 3. The van der Waals surface area contributed by atoms with Gasteiger partial charge in [0.15, 0.2) is 6.10 Å². The van der Waals surface area contributed by atoms with E-state index in [0.717, 1.165) is 23.1 Å². The molecule has 2 aromatic rings. The average Bonchev–Trinajstić information content (AvgIpc) is 3.11. The van der Waals surface area contributed by atoms with Crippen molar-refractivity contribution in [1.29, 1.82) is 0 Å². The molecule has 1 aliphatic heterocycles. The highest BCUT2D eigenvalue weighted by molar-refractivity contribution is 6.12. The highest BCUT2D eigenvalue weighted by atomic mass is 16.5. The van der Waals surface area contributed by atoms with Crippen LogP contribution in [0, 0.1) is 0 Å². The van der Waals surface area contributed by atoms with Crippen molar-refractivity contribution in [3.8, 4) is 11.5 Å². The van der Waals surface area contributed by atoms with Crippen molar-refractivity contribution in [2.75, 3.05) is 14.2 Å². The maximum absolute atomic E-state index is 13.3. The Morgan fingerprint density at radius 3 is 2.41 bits per heavy atom. The van der Waals surface area contributed by atoms with Gasteiger partial charge in [0.25, 0.3) is 5.91 Å². The quantitative estimate of drug-likeness (QED) is 0.721. The van der Waals surface area contributed by atoms with Crippen LogP contribution in [0.15, 0.2) is 47.6 Å². The van der Waals surface area contributed by atoms with Crippen molar-refractivity contribution in [2.45, 2.75) is 44.4 Å². The highest BCUT2D eigenvalue weighted by Crippen LogP contribution is 2.46. The van der Waals surface area contributed by atoms with E-state index in [1.165, 1.54) is 18.9 Å². The molecular formula is C24H27N3O5. The van der Waals surface area contributed by atoms with Gasteiger partial charge in [-0.15, -0.1) is 0 Å². The van der Waals surface area contributed by atoms with Gasteiger partial charge in [-0.05, 0) is 55.2 Å². The number of ether oxygens (including phenoxy) is 3. The largest absolute Gasteiger partial charge is 0.497 e. The summed E-state index contributed by atoms with van der Waals surface area (Å²) in [5, 5.41) is 6.10. The molecule has 168 valence electrons. The van der Waals surface area contributed by atoms with Crippen molar-refractivity contribution >= 4 is 17.6 Å². The Morgan fingerprint density at radius 1 is 1.12 bits per heavy atom. The minimum absolute atomic E-state index is 0.433. The Kier molecular flexibility index (Phi) is 5.64. The van der Waals surface area contributed by atoms with Crippen LogP contribution in [-0.4, -0.2) is 48.5 Å². The molecule has 1 aliphatic carbocycles. The van der Waals surface area contributed by atoms with Crippen LogP contribution in [0.2, 0.25) is 0 Å². The molecule has 8 nitrogen and oxygen atoms in total. The summed E-state index contributed by atoms with van der Waals surface area (Å²) < 4.78 is 15.8. The number of carbonyl (C=O) groups excluding carboxylic acids is 2. The lowest BCUT2D eigenvalue weighted by Gasteiger charge is -2.38. The number of benzene rings is 2. The first-order valence-corrected chi connectivity index (χ1v) is 10.5. The number of methoxy groups -OCH3 is 2. The molecule has 32 heavy (non-hydrogen) atoms. The highest BCUT2D eigenvalue weighted by Gasteiger charge is 2.54. The Morgan fingerprint density at radius 2 is 1.78 bits per heavy atom. The second-order valence-electron chi connectivity index (χ2n) is 8.12. The molecule has 4 rings (SSSR count). The minimum atomic E-state index is -0.994. The number of nitrogens with zero attached hydrogens (tertiary/aromatic N) is 2. The van der Waals surface area contributed by atoms with E-state index in [2.05, 4.69) is 0 Å². The summed E-state index contributed by atoms with van der Waals surface area (Å²) in [4.78, 5) is 24.8. The molecule has 8 heteroatoms. The Labute approximate surface area is 186 Å². The lowest BCUT2D eigenvalue weighted by molar-refractivity contribution is -0.158. The molecule has 0 aromatic heterocycles. The summed E-state index contributed by atoms with van der Waals surface area (Å²) >= 11 is 0.